The molecule has 258 valence electrons. The first-order valence-electron chi connectivity index (χ1n) is 16.3. The Morgan fingerprint density at radius 1 is 0.896 bits per heavy atom. The van der Waals surface area contributed by atoms with E-state index in [0.29, 0.717) is 19.8 Å². The zero-order valence-electron chi connectivity index (χ0n) is 28.7. The van der Waals surface area contributed by atoms with E-state index < -0.39 is 25.8 Å². The molecule has 0 saturated carbocycles. The fourth-order valence-corrected chi connectivity index (χ4v) is 8.53. The summed E-state index contributed by atoms with van der Waals surface area (Å²) in [6.45, 7) is 7.97. The average molecular weight is 679 g/mol. The predicted octanol–water partition coefficient (Wildman–Crippen LogP) is 6.47. The van der Waals surface area contributed by atoms with Gasteiger partial charge in [-0.3, -0.25) is 0 Å². The minimum absolute atomic E-state index is 0.0603. The molecule has 2 aliphatic heterocycles. The van der Waals surface area contributed by atoms with Crippen molar-refractivity contribution in [3.8, 4) is 17.6 Å². The monoisotopic (exact) mass is 678 g/mol. The van der Waals surface area contributed by atoms with Crippen LogP contribution in [0.2, 0.25) is 0 Å². The zero-order valence-corrected chi connectivity index (χ0v) is 29.6. The Hall–Kier alpha value is -3.10. The maximum absolute atomic E-state index is 9.20. The molecule has 0 bridgehead atoms. The molecule has 0 aromatic heterocycles. The van der Waals surface area contributed by atoms with E-state index in [9.17, 15) is 5.26 Å². The van der Waals surface area contributed by atoms with E-state index >= 15 is 0 Å². The molecule has 48 heavy (non-hydrogen) atoms. The lowest BCUT2D eigenvalue weighted by atomic mass is 9.79. The number of ether oxygens (including phenoxy) is 6. The van der Waals surface area contributed by atoms with Crippen LogP contribution >= 0.6 is 8.53 Å². The standard InChI is InChI=1S/C37H47N2O8P/c1-27(2)39-28(3)36(35(47-48(39)46-22-10-21-38)34(25-44-36)43-24-23-40-4)26-45-37(29-11-8-7-9-12-29,30-13-17-32(41-5)18-14-30)31-15-19-33(42-6)20-16-31/h7-9,11-20,27-28,34-35H,10,22-26H2,1-6H3/t28?,34?,35?,36-,48?/m0/s1. The third kappa shape index (κ3) is 7.25. The lowest BCUT2D eigenvalue weighted by molar-refractivity contribution is -0.175. The van der Waals surface area contributed by atoms with E-state index in [1.807, 2.05) is 66.7 Å². The van der Waals surface area contributed by atoms with Gasteiger partial charge in [-0.2, -0.15) is 5.26 Å². The second kappa shape index (κ2) is 16.5. The fourth-order valence-electron chi connectivity index (χ4n) is 6.61. The summed E-state index contributed by atoms with van der Waals surface area (Å²) in [6, 6.07) is 28.2. The molecule has 2 fully saturated rings. The predicted molar refractivity (Wildman–Crippen MR) is 183 cm³/mol. The molecule has 5 rings (SSSR count). The number of hydrogen-bond donors (Lipinski definition) is 0. The highest BCUT2D eigenvalue weighted by molar-refractivity contribution is 7.44. The van der Waals surface area contributed by atoms with E-state index in [1.54, 1.807) is 21.3 Å². The number of nitriles is 1. The van der Waals surface area contributed by atoms with Gasteiger partial charge in [-0.15, -0.1) is 0 Å². The summed E-state index contributed by atoms with van der Waals surface area (Å²) in [7, 11) is 3.46. The first-order valence-corrected chi connectivity index (χ1v) is 17.5. The van der Waals surface area contributed by atoms with E-state index in [1.165, 1.54) is 0 Å². The maximum atomic E-state index is 9.20. The molecule has 0 radical (unpaired) electrons. The molecule has 2 saturated heterocycles. The van der Waals surface area contributed by atoms with Gasteiger partial charge in [-0.05, 0) is 61.7 Å². The summed E-state index contributed by atoms with van der Waals surface area (Å²) in [5, 5.41) is 9.20. The molecule has 0 spiro atoms. The van der Waals surface area contributed by atoms with E-state index in [0.717, 1.165) is 28.2 Å². The Balaban J connectivity index is 1.62. The summed E-state index contributed by atoms with van der Waals surface area (Å²) >= 11 is 0. The van der Waals surface area contributed by atoms with Crippen molar-refractivity contribution >= 4 is 8.53 Å². The Morgan fingerprint density at radius 2 is 1.50 bits per heavy atom. The van der Waals surface area contributed by atoms with Crippen LogP contribution in [0.3, 0.4) is 0 Å². The Bertz CT molecular complexity index is 1420. The average Bonchev–Trinajstić information content (AvgIpc) is 3.48. The van der Waals surface area contributed by atoms with Crippen LogP contribution in [0.15, 0.2) is 78.9 Å². The maximum Gasteiger partial charge on any atom is 0.259 e. The number of rotatable bonds is 16. The topological polar surface area (TPSA) is 101 Å². The van der Waals surface area contributed by atoms with Crippen LogP contribution < -0.4 is 9.47 Å². The number of nitrogens with zero attached hydrogens (tertiary/aromatic N) is 2. The van der Waals surface area contributed by atoms with Gasteiger partial charge in [0.2, 0.25) is 0 Å². The highest BCUT2D eigenvalue weighted by Crippen LogP contribution is 2.58. The molecule has 3 aromatic rings. The minimum Gasteiger partial charge on any atom is -0.497 e. The summed E-state index contributed by atoms with van der Waals surface area (Å²) in [4.78, 5) is 0. The summed E-state index contributed by atoms with van der Waals surface area (Å²) in [5.41, 5.74) is 0.812. The molecule has 0 aliphatic carbocycles. The minimum atomic E-state index is -1.51. The van der Waals surface area contributed by atoms with E-state index in [-0.39, 0.29) is 37.8 Å². The van der Waals surface area contributed by atoms with Crippen molar-refractivity contribution < 1.29 is 37.5 Å². The highest BCUT2D eigenvalue weighted by atomic mass is 31.2. The number of methoxy groups -OCH3 is 3. The van der Waals surface area contributed by atoms with Crippen LogP contribution in [0.4, 0.5) is 0 Å². The van der Waals surface area contributed by atoms with Gasteiger partial charge < -0.3 is 37.5 Å². The van der Waals surface area contributed by atoms with Gasteiger partial charge in [0.1, 0.15) is 34.9 Å². The van der Waals surface area contributed by atoms with Crippen molar-refractivity contribution in [2.75, 3.05) is 54.4 Å². The van der Waals surface area contributed by atoms with Gasteiger partial charge >= 0.3 is 0 Å². The summed E-state index contributed by atoms with van der Waals surface area (Å²) in [5.74, 6) is 1.49. The first-order chi connectivity index (χ1) is 23.3. The molecule has 3 aromatic carbocycles. The van der Waals surface area contributed by atoms with E-state index in [4.69, 9.17) is 37.5 Å². The second-order valence-corrected chi connectivity index (χ2v) is 13.5. The van der Waals surface area contributed by atoms with Crippen LogP contribution in [0.25, 0.3) is 0 Å². The van der Waals surface area contributed by atoms with Gasteiger partial charge in [-0.25, -0.2) is 4.67 Å². The van der Waals surface area contributed by atoms with Crippen LogP contribution in [0.5, 0.6) is 11.5 Å². The second-order valence-electron chi connectivity index (χ2n) is 12.1. The van der Waals surface area contributed by atoms with Gasteiger partial charge in [0.05, 0.1) is 59.7 Å². The summed E-state index contributed by atoms with van der Waals surface area (Å²) < 4.78 is 52.2. The molecule has 11 heteroatoms. The molecular weight excluding hydrogens is 631 g/mol. The highest BCUT2D eigenvalue weighted by Gasteiger charge is 2.63. The lowest BCUT2D eigenvalue weighted by Gasteiger charge is -2.53. The van der Waals surface area contributed by atoms with Crippen LogP contribution in [0.1, 0.15) is 43.9 Å². The van der Waals surface area contributed by atoms with Crippen LogP contribution in [-0.2, 0) is 33.6 Å². The third-order valence-corrected chi connectivity index (χ3v) is 11.1. The Kier molecular flexibility index (Phi) is 12.5. The molecular formula is C37H47N2O8P. The molecule has 2 heterocycles. The molecule has 10 nitrogen and oxygen atoms in total. The molecule has 2 aliphatic rings. The van der Waals surface area contributed by atoms with Gasteiger partial charge in [-0.1, -0.05) is 54.6 Å². The van der Waals surface area contributed by atoms with Crippen molar-refractivity contribution in [1.82, 2.24) is 4.67 Å². The van der Waals surface area contributed by atoms with Crippen molar-refractivity contribution in [2.24, 2.45) is 0 Å². The van der Waals surface area contributed by atoms with Gasteiger partial charge in [0.15, 0.2) is 0 Å². The smallest absolute Gasteiger partial charge is 0.259 e. The summed E-state index contributed by atoms with van der Waals surface area (Å²) in [6.07, 6.45) is -0.611. The lowest BCUT2D eigenvalue weighted by Crippen LogP contribution is -2.65. The van der Waals surface area contributed by atoms with Gasteiger partial charge in [0, 0.05) is 19.2 Å². The molecule has 4 unspecified atom stereocenters. The van der Waals surface area contributed by atoms with Crippen LogP contribution in [0, 0.1) is 11.3 Å². The molecule has 0 N–H and O–H groups in total. The SMILES string of the molecule is COCCOC1CO[C@]2(COC(c3ccccc3)(c3ccc(OC)cc3)c3ccc(OC)cc3)C1OP(OCCC#N)N(C(C)C)C2C. The number of benzene rings is 3. The van der Waals surface area contributed by atoms with Crippen molar-refractivity contribution in [1.29, 1.82) is 5.26 Å². The zero-order chi connectivity index (χ0) is 34.1. The number of fused-ring (bicyclic) bond motifs is 1. The normalized spacial score (nSPS) is 24.3. The third-order valence-electron chi connectivity index (χ3n) is 9.08. The quantitative estimate of drug-likeness (QED) is 0.0953. The largest absolute Gasteiger partial charge is 0.497 e. The number of hydrogen-bond acceptors (Lipinski definition) is 10. The van der Waals surface area contributed by atoms with E-state index in [2.05, 4.69) is 43.6 Å². The van der Waals surface area contributed by atoms with Crippen molar-refractivity contribution in [2.45, 2.75) is 62.7 Å². The van der Waals surface area contributed by atoms with Crippen LogP contribution in [-0.4, -0.2) is 88.9 Å². The first kappa shape index (κ1) is 36.2. The fraction of sp³-hybridized carbons (Fsp3) is 0.486. The van der Waals surface area contributed by atoms with Crippen molar-refractivity contribution in [3.05, 3.63) is 95.6 Å². The molecule has 5 atom stereocenters. The molecule has 0 amide bonds. The Morgan fingerprint density at radius 3 is 2.04 bits per heavy atom. The van der Waals surface area contributed by atoms with Gasteiger partial charge in [0.25, 0.3) is 8.53 Å². The van der Waals surface area contributed by atoms with Crippen molar-refractivity contribution in [3.63, 3.8) is 0 Å². The Labute approximate surface area is 285 Å².